The van der Waals surface area contributed by atoms with Crippen LogP contribution in [0.3, 0.4) is 0 Å². The van der Waals surface area contributed by atoms with E-state index in [0.717, 1.165) is 13.1 Å². The van der Waals surface area contributed by atoms with E-state index in [-0.39, 0.29) is 23.7 Å². The van der Waals surface area contributed by atoms with E-state index in [1.165, 1.54) is 4.88 Å². The van der Waals surface area contributed by atoms with Crippen molar-refractivity contribution in [1.82, 2.24) is 10.6 Å². The summed E-state index contributed by atoms with van der Waals surface area (Å²) in [5.41, 5.74) is -0.298. The van der Waals surface area contributed by atoms with E-state index in [4.69, 9.17) is 0 Å². The highest BCUT2D eigenvalue weighted by atomic mass is 35.5. The molecule has 1 rings (SSSR count). The minimum Gasteiger partial charge on any atom is -0.354 e. The number of halogens is 1. The third-order valence-electron chi connectivity index (χ3n) is 2.15. The predicted octanol–water partition coefficient (Wildman–Crippen LogP) is 2.42. The SMILES string of the molecule is CC(C)(C)C(=O)NCCNCc1cccs1.Cl. The Kier molecular flexibility index (Phi) is 7.43. The summed E-state index contributed by atoms with van der Waals surface area (Å²) in [6.45, 7) is 8.12. The number of nitrogens with one attached hydrogen (secondary N) is 2. The number of hydrogen-bond acceptors (Lipinski definition) is 3. The van der Waals surface area contributed by atoms with Crippen molar-refractivity contribution in [3.8, 4) is 0 Å². The molecule has 2 N–H and O–H groups in total. The molecule has 0 bridgehead atoms. The van der Waals surface area contributed by atoms with Crippen molar-refractivity contribution >= 4 is 29.7 Å². The van der Waals surface area contributed by atoms with Crippen LogP contribution in [0.2, 0.25) is 0 Å². The van der Waals surface area contributed by atoms with Crippen molar-refractivity contribution in [3.63, 3.8) is 0 Å². The van der Waals surface area contributed by atoms with Gasteiger partial charge in [0.05, 0.1) is 0 Å². The molecule has 1 heterocycles. The highest BCUT2D eigenvalue weighted by molar-refractivity contribution is 7.09. The van der Waals surface area contributed by atoms with E-state index in [1.807, 2.05) is 26.8 Å². The zero-order valence-corrected chi connectivity index (χ0v) is 12.2. The van der Waals surface area contributed by atoms with Crippen LogP contribution in [0.25, 0.3) is 0 Å². The normalized spacial score (nSPS) is 10.8. The summed E-state index contributed by atoms with van der Waals surface area (Å²) in [6, 6.07) is 4.15. The Morgan fingerprint density at radius 3 is 2.59 bits per heavy atom. The molecule has 1 amide bonds. The van der Waals surface area contributed by atoms with Gasteiger partial charge in [-0.3, -0.25) is 4.79 Å². The lowest BCUT2D eigenvalue weighted by Crippen LogP contribution is -2.38. The molecule has 3 nitrogen and oxygen atoms in total. The molecule has 1 aromatic rings. The molecule has 5 heteroatoms. The van der Waals surface area contributed by atoms with E-state index < -0.39 is 0 Å². The van der Waals surface area contributed by atoms with Gasteiger partial charge in [-0.05, 0) is 11.4 Å². The molecular weight excluding hydrogens is 256 g/mol. The first-order valence-electron chi connectivity index (χ1n) is 5.51. The summed E-state index contributed by atoms with van der Waals surface area (Å²) in [5, 5.41) is 8.26. The van der Waals surface area contributed by atoms with Crippen LogP contribution in [0.5, 0.6) is 0 Å². The lowest BCUT2D eigenvalue weighted by atomic mass is 9.96. The highest BCUT2D eigenvalue weighted by Crippen LogP contribution is 2.11. The number of amides is 1. The molecule has 0 aromatic carbocycles. The van der Waals surface area contributed by atoms with Gasteiger partial charge in [-0.15, -0.1) is 23.7 Å². The van der Waals surface area contributed by atoms with Gasteiger partial charge in [-0.2, -0.15) is 0 Å². The van der Waals surface area contributed by atoms with Crippen LogP contribution in [-0.4, -0.2) is 19.0 Å². The molecule has 0 aliphatic carbocycles. The molecule has 0 unspecified atom stereocenters. The Bertz CT molecular complexity index is 320. The van der Waals surface area contributed by atoms with Crippen LogP contribution in [0.4, 0.5) is 0 Å². The Hall–Kier alpha value is -0.580. The van der Waals surface area contributed by atoms with Gasteiger partial charge in [0.15, 0.2) is 0 Å². The third-order valence-corrected chi connectivity index (χ3v) is 3.02. The van der Waals surface area contributed by atoms with Crippen LogP contribution in [0.15, 0.2) is 17.5 Å². The molecular formula is C12H21ClN2OS. The Morgan fingerprint density at radius 1 is 1.35 bits per heavy atom. The average molecular weight is 277 g/mol. The molecule has 0 radical (unpaired) electrons. The number of thiophene rings is 1. The second-order valence-corrected chi connectivity index (χ2v) is 5.79. The second-order valence-electron chi connectivity index (χ2n) is 4.76. The van der Waals surface area contributed by atoms with Crippen LogP contribution in [-0.2, 0) is 11.3 Å². The highest BCUT2D eigenvalue weighted by Gasteiger charge is 2.19. The quantitative estimate of drug-likeness (QED) is 0.811. The first-order valence-corrected chi connectivity index (χ1v) is 6.39. The van der Waals surface area contributed by atoms with E-state index in [2.05, 4.69) is 22.1 Å². The van der Waals surface area contributed by atoms with Gasteiger partial charge in [-0.25, -0.2) is 0 Å². The van der Waals surface area contributed by atoms with Gasteiger partial charge >= 0.3 is 0 Å². The van der Waals surface area contributed by atoms with E-state index in [9.17, 15) is 4.79 Å². The summed E-state index contributed by atoms with van der Waals surface area (Å²) in [7, 11) is 0. The van der Waals surface area contributed by atoms with Crippen molar-refractivity contribution in [2.24, 2.45) is 5.41 Å². The maximum absolute atomic E-state index is 11.5. The molecule has 0 saturated carbocycles. The summed E-state index contributed by atoms with van der Waals surface area (Å²) in [4.78, 5) is 12.8. The zero-order chi connectivity index (χ0) is 12.0. The molecule has 0 aliphatic rings. The predicted molar refractivity (Wildman–Crippen MR) is 75.7 cm³/mol. The lowest BCUT2D eigenvalue weighted by molar-refractivity contribution is -0.128. The van der Waals surface area contributed by atoms with E-state index >= 15 is 0 Å². The van der Waals surface area contributed by atoms with Crippen molar-refractivity contribution in [2.45, 2.75) is 27.3 Å². The molecule has 0 fully saturated rings. The van der Waals surface area contributed by atoms with Gasteiger partial charge in [0, 0.05) is 29.9 Å². The van der Waals surface area contributed by atoms with Gasteiger partial charge in [0.2, 0.25) is 5.91 Å². The zero-order valence-electron chi connectivity index (χ0n) is 10.6. The second kappa shape index (κ2) is 7.69. The lowest BCUT2D eigenvalue weighted by Gasteiger charge is -2.17. The molecule has 1 aromatic heterocycles. The first-order chi connectivity index (χ1) is 7.50. The average Bonchev–Trinajstić information content (AvgIpc) is 2.68. The van der Waals surface area contributed by atoms with Crippen LogP contribution in [0, 0.1) is 5.41 Å². The number of rotatable bonds is 5. The van der Waals surface area contributed by atoms with E-state index in [0.29, 0.717) is 6.54 Å². The minimum absolute atomic E-state index is 0. The first kappa shape index (κ1) is 16.4. The Balaban J connectivity index is 0.00000256. The van der Waals surface area contributed by atoms with Crippen molar-refractivity contribution < 1.29 is 4.79 Å². The largest absolute Gasteiger partial charge is 0.354 e. The smallest absolute Gasteiger partial charge is 0.225 e. The monoisotopic (exact) mass is 276 g/mol. The molecule has 17 heavy (non-hydrogen) atoms. The maximum atomic E-state index is 11.5. The molecule has 0 atom stereocenters. The standard InChI is InChI=1S/C12H20N2OS.ClH/c1-12(2,3)11(15)14-7-6-13-9-10-5-4-8-16-10;/h4-5,8,13H,6-7,9H2,1-3H3,(H,14,15);1H. The Labute approximate surface area is 113 Å². The van der Waals surface area contributed by atoms with Crippen LogP contribution < -0.4 is 10.6 Å². The molecule has 98 valence electrons. The summed E-state index contributed by atoms with van der Waals surface area (Å²) < 4.78 is 0. The minimum atomic E-state index is -0.298. The van der Waals surface area contributed by atoms with Gasteiger partial charge in [-0.1, -0.05) is 26.8 Å². The topological polar surface area (TPSA) is 41.1 Å². The van der Waals surface area contributed by atoms with Crippen molar-refractivity contribution in [2.75, 3.05) is 13.1 Å². The summed E-state index contributed by atoms with van der Waals surface area (Å²) in [5.74, 6) is 0.102. The maximum Gasteiger partial charge on any atom is 0.225 e. The molecule has 0 spiro atoms. The van der Waals surface area contributed by atoms with Crippen LogP contribution in [0.1, 0.15) is 25.6 Å². The van der Waals surface area contributed by atoms with Gasteiger partial charge < -0.3 is 10.6 Å². The fourth-order valence-corrected chi connectivity index (χ4v) is 1.83. The third kappa shape index (κ3) is 6.66. The fraction of sp³-hybridized carbons (Fsp3) is 0.583. The fourth-order valence-electron chi connectivity index (χ4n) is 1.15. The van der Waals surface area contributed by atoms with E-state index in [1.54, 1.807) is 11.3 Å². The van der Waals surface area contributed by atoms with Crippen LogP contribution >= 0.6 is 23.7 Å². The molecule has 0 saturated heterocycles. The summed E-state index contributed by atoms with van der Waals surface area (Å²) >= 11 is 1.74. The number of hydrogen-bond donors (Lipinski definition) is 2. The molecule has 0 aliphatic heterocycles. The Morgan fingerprint density at radius 2 is 2.06 bits per heavy atom. The van der Waals surface area contributed by atoms with Crippen molar-refractivity contribution in [3.05, 3.63) is 22.4 Å². The number of carbonyl (C=O) groups excluding carboxylic acids is 1. The van der Waals surface area contributed by atoms with Gasteiger partial charge in [0.25, 0.3) is 0 Å². The number of carbonyl (C=O) groups is 1. The summed E-state index contributed by atoms with van der Waals surface area (Å²) in [6.07, 6.45) is 0. The van der Waals surface area contributed by atoms with Gasteiger partial charge in [0.1, 0.15) is 0 Å². The van der Waals surface area contributed by atoms with Crippen molar-refractivity contribution in [1.29, 1.82) is 0 Å².